The number of aromatic nitrogens is 1. The Balaban J connectivity index is 2.39. The van der Waals surface area contributed by atoms with Crippen molar-refractivity contribution >= 4 is 28.0 Å². The summed E-state index contributed by atoms with van der Waals surface area (Å²) in [5, 5.41) is 5.93. The highest BCUT2D eigenvalue weighted by atomic mass is 79.9. The maximum Gasteiger partial charge on any atom is 0.407 e. The molecule has 7 nitrogen and oxygen atoms in total. The number of amides is 1. The van der Waals surface area contributed by atoms with Gasteiger partial charge in [0.2, 0.25) is 0 Å². The predicted molar refractivity (Wildman–Crippen MR) is 100 cm³/mol. The molecule has 1 amide bonds. The van der Waals surface area contributed by atoms with Gasteiger partial charge in [-0.3, -0.25) is 4.99 Å². The Labute approximate surface area is 152 Å². The number of rotatable bonds is 5. The van der Waals surface area contributed by atoms with Crippen molar-refractivity contribution in [3.63, 3.8) is 0 Å². The molecule has 0 saturated carbocycles. The lowest BCUT2D eigenvalue weighted by molar-refractivity contribution is 0.0529. The van der Waals surface area contributed by atoms with Crippen LogP contribution in [0.2, 0.25) is 0 Å². The number of aryl methyl sites for hydroxylation is 1. The number of aliphatic imine (C=N–C) groups is 1. The van der Waals surface area contributed by atoms with Crippen molar-refractivity contribution in [1.82, 2.24) is 20.1 Å². The zero-order valence-electron chi connectivity index (χ0n) is 15.3. The molecule has 1 aromatic rings. The number of hydrogen-bond acceptors (Lipinski definition) is 3. The second kappa shape index (κ2) is 8.96. The van der Waals surface area contributed by atoms with Gasteiger partial charge in [0, 0.05) is 50.6 Å². The fraction of sp³-hybridized carbons (Fsp3) is 0.625. The molecule has 1 rings (SSSR count). The fourth-order valence-electron chi connectivity index (χ4n) is 2.08. The Hall–Kier alpha value is -1.70. The quantitative estimate of drug-likeness (QED) is 0.451. The van der Waals surface area contributed by atoms with Crippen LogP contribution in [-0.4, -0.2) is 54.3 Å². The Bertz CT molecular complexity index is 578. The molecule has 0 aliphatic carbocycles. The first kappa shape index (κ1) is 20.3. The molecule has 0 atom stereocenters. The van der Waals surface area contributed by atoms with E-state index in [4.69, 9.17) is 4.74 Å². The molecular formula is C16H28BrN5O2. The first-order valence-corrected chi connectivity index (χ1v) is 8.61. The minimum atomic E-state index is -0.489. The lowest BCUT2D eigenvalue weighted by Gasteiger charge is -2.23. The van der Waals surface area contributed by atoms with Crippen LogP contribution in [0, 0.1) is 0 Å². The van der Waals surface area contributed by atoms with Crippen LogP contribution in [-0.2, 0) is 18.3 Å². The number of carbonyl (C=O) groups is 1. The van der Waals surface area contributed by atoms with Crippen LogP contribution in [0.5, 0.6) is 0 Å². The maximum atomic E-state index is 11.6. The smallest absolute Gasteiger partial charge is 0.407 e. The van der Waals surface area contributed by atoms with Crippen LogP contribution in [0.3, 0.4) is 0 Å². The number of alkyl carbamates (subject to hydrolysis) is 1. The number of halogens is 1. The monoisotopic (exact) mass is 401 g/mol. The van der Waals surface area contributed by atoms with Crippen molar-refractivity contribution in [3.8, 4) is 0 Å². The van der Waals surface area contributed by atoms with Crippen LogP contribution < -0.4 is 10.6 Å². The molecule has 0 aliphatic heterocycles. The Kier molecular flexibility index (Phi) is 7.59. The number of nitrogens with one attached hydrogen (secondary N) is 2. The average molecular weight is 402 g/mol. The second-order valence-electron chi connectivity index (χ2n) is 6.52. The summed E-state index contributed by atoms with van der Waals surface area (Å²) >= 11 is 3.48. The minimum absolute atomic E-state index is 0.415. The molecule has 1 aromatic heterocycles. The minimum Gasteiger partial charge on any atom is -0.444 e. The topological polar surface area (TPSA) is 70.9 Å². The molecule has 136 valence electrons. The van der Waals surface area contributed by atoms with Gasteiger partial charge in [-0.05, 0) is 42.8 Å². The third-order valence-electron chi connectivity index (χ3n) is 3.12. The molecule has 2 N–H and O–H groups in total. The standard InChI is InChI=1S/C16H28BrN5O2/c1-16(2,3)24-15(23)20-8-7-19-14(18-4)22(6)11-13-9-12(17)10-21(13)5/h9-10H,7-8,11H2,1-6H3,(H,18,19)(H,20,23). The summed E-state index contributed by atoms with van der Waals surface area (Å²) in [4.78, 5) is 17.9. The van der Waals surface area contributed by atoms with Gasteiger partial charge in [-0.1, -0.05) is 0 Å². The van der Waals surface area contributed by atoms with Gasteiger partial charge in [-0.2, -0.15) is 0 Å². The van der Waals surface area contributed by atoms with E-state index >= 15 is 0 Å². The molecule has 1 heterocycles. The van der Waals surface area contributed by atoms with Crippen molar-refractivity contribution in [2.45, 2.75) is 32.9 Å². The van der Waals surface area contributed by atoms with Crippen molar-refractivity contribution in [3.05, 3.63) is 22.4 Å². The summed E-state index contributed by atoms with van der Waals surface area (Å²) in [7, 11) is 5.72. The Morgan fingerprint density at radius 3 is 2.50 bits per heavy atom. The summed E-state index contributed by atoms with van der Waals surface area (Å²) in [5.41, 5.74) is 0.677. The third kappa shape index (κ3) is 7.25. The van der Waals surface area contributed by atoms with Gasteiger partial charge < -0.3 is 24.8 Å². The van der Waals surface area contributed by atoms with E-state index < -0.39 is 11.7 Å². The van der Waals surface area contributed by atoms with Crippen LogP contribution in [0.25, 0.3) is 0 Å². The van der Waals surface area contributed by atoms with Crippen molar-refractivity contribution in [2.75, 3.05) is 27.2 Å². The van der Waals surface area contributed by atoms with Gasteiger partial charge in [-0.15, -0.1) is 0 Å². The zero-order chi connectivity index (χ0) is 18.3. The van der Waals surface area contributed by atoms with E-state index in [0.717, 1.165) is 17.0 Å². The highest BCUT2D eigenvalue weighted by Crippen LogP contribution is 2.14. The molecule has 0 spiro atoms. The lowest BCUT2D eigenvalue weighted by atomic mass is 10.2. The molecule has 0 radical (unpaired) electrons. The van der Waals surface area contributed by atoms with Crippen LogP contribution >= 0.6 is 15.9 Å². The van der Waals surface area contributed by atoms with Crippen LogP contribution in [0.1, 0.15) is 26.5 Å². The zero-order valence-corrected chi connectivity index (χ0v) is 16.9. The summed E-state index contributed by atoms with van der Waals surface area (Å²) in [6.45, 7) is 7.25. The first-order valence-electron chi connectivity index (χ1n) is 7.81. The second-order valence-corrected chi connectivity index (χ2v) is 7.43. The molecule has 0 aromatic carbocycles. The van der Waals surface area contributed by atoms with Crippen molar-refractivity contribution in [1.29, 1.82) is 0 Å². The summed E-state index contributed by atoms with van der Waals surface area (Å²) in [5.74, 6) is 0.762. The van der Waals surface area contributed by atoms with Crippen molar-refractivity contribution in [2.24, 2.45) is 12.0 Å². The summed E-state index contributed by atoms with van der Waals surface area (Å²) in [6.07, 6.45) is 1.60. The molecule has 0 bridgehead atoms. The number of guanidine groups is 1. The van der Waals surface area contributed by atoms with Crippen LogP contribution in [0.4, 0.5) is 4.79 Å². The molecule has 0 fully saturated rings. The van der Waals surface area contributed by atoms with E-state index in [1.165, 1.54) is 5.69 Å². The molecular weight excluding hydrogens is 374 g/mol. The van der Waals surface area contributed by atoms with Gasteiger partial charge in [-0.25, -0.2) is 4.79 Å². The average Bonchev–Trinajstić information content (AvgIpc) is 2.74. The number of nitrogens with zero attached hydrogens (tertiary/aromatic N) is 3. The van der Waals surface area contributed by atoms with Gasteiger partial charge in [0.05, 0.1) is 6.54 Å². The van der Waals surface area contributed by atoms with Crippen LogP contribution in [0.15, 0.2) is 21.7 Å². The van der Waals surface area contributed by atoms with E-state index in [1.807, 2.05) is 46.0 Å². The highest BCUT2D eigenvalue weighted by Gasteiger charge is 2.15. The molecule has 0 unspecified atom stereocenters. The normalized spacial score (nSPS) is 12.0. The van der Waals surface area contributed by atoms with Crippen molar-refractivity contribution < 1.29 is 9.53 Å². The highest BCUT2D eigenvalue weighted by molar-refractivity contribution is 9.10. The molecule has 24 heavy (non-hydrogen) atoms. The summed E-state index contributed by atoms with van der Waals surface area (Å²) in [6, 6.07) is 2.08. The SMILES string of the molecule is CN=C(NCCNC(=O)OC(C)(C)C)N(C)Cc1cc(Br)cn1C. The van der Waals surface area contributed by atoms with E-state index in [9.17, 15) is 4.79 Å². The Morgan fingerprint density at radius 1 is 1.38 bits per heavy atom. The number of hydrogen-bond donors (Lipinski definition) is 2. The predicted octanol–water partition coefficient (Wildman–Crippen LogP) is 2.32. The summed E-state index contributed by atoms with van der Waals surface area (Å²) < 4.78 is 8.31. The molecule has 0 aliphatic rings. The molecule has 0 saturated heterocycles. The van der Waals surface area contributed by atoms with Gasteiger partial charge in [0.15, 0.2) is 5.96 Å². The maximum absolute atomic E-state index is 11.6. The lowest BCUT2D eigenvalue weighted by Crippen LogP contribution is -2.43. The molecule has 8 heteroatoms. The number of carbonyl (C=O) groups excluding carboxylic acids is 1. The number of ether oxygens (including phenoxy) is 1. The largest absolute Gasteiger partial charge is 0.444 e. The van der Waals surface area contributed by atoms with Gasteiger partial charge in [0.25, 0.3) is 0 Å². The van der Waals surface area contributed by atoms with E-state index in [1.54, 1.807) is 7.05 Å². The fourth-order valence-corrected chi connectivity index (χ4v) is 2.65. The van der Waals surface area contributed by atoms with E-state index in [0.29, 0.717) is 13.1 Å². The van der Waals surface area contributed by atoms with Gasteiger partial charge in [0.1, 0.15) is 5.60 Å². The third-order valence-corrected chi connectivity index (χ3v) is 3.56. The van der Waals surface area contributed by atoms with Gasteiger partial charge >= 0.3 is 6.09 Å². The Morgan fingerprint density at radius 2 is 2.00 bits per heavy atom. The van der Waals surface area contributed by atoms with E-state index in [-0.39, 0.29) is 0 Å². The first-order chi connectivity index (χ1) is 11.1. The van der Waals surface area contributed by atoms with E-state index in [2.05, 4.69) is 42.2 Å².